The molecule has 0 amide bonds. The minimum Gasteiger partial charge on any atom is -0.375 e. The van der Waals surface area contributed by atoms with Gasteiger partial charge < -0.3 is 4.90 Å². The Bertz CT molecular complexity index is 198. The molecule has 0 aliphatic heterocycles. The molecule has 0 heterocycles. The molecule has 0 radical (unpaired) electrons. The van der Waals surface area contributed by atoms with Crippen LogP contribution in [0.4, 0.5) is 5.69 Å². The summed E-state index contributed by atoms with van der Waals surface area (Å²) in [7, 11) is 2.12. The van der Waals surface area contributed by atoms with E-state index >= 15 is 0 Å². The molecule has 0 spiro atoms. The smallest absolute Gasteiger partial charge is 0.0363 e. The quantitative estimate of drug-likeness (QED) is 0.700. The van der Waals surface area contributed by atoms with Crippen LogP contribution in [0, 0.1) is 0 Å². The monoisotopic (exact) mass is 185 g/mol. The predicted octanol–water partition coefficient (Wildman–Crippen LogP) is 2.95. The second kappa shape index (κ2) is 5.90. The Morgan fingerprint density at radius 2 is 1.75 bits per heavy atom. The first-order valence-electron chi connectivity index (χ1n) is 4.10. The van der Waals surface area contributed by atoms with Crippen molar-refractivity contribution in [2.24, 2.45) is 0 Å². The van der Waals surface area contributed by atoms with E-state index < -0.39 is 0 Å². The molecule has 0 N–H and O–H groups in total. The molecule has 0 atom stereocenters. The normalized spacial score (nSPS) is 8.83. The SMILES string of the molecule is CCCN(C)c1ccccc1.Cl. The summed E-state index contributed by atoms with van der Waals surface area (Å²) < 4.78 is 0. The van der Waals surface area contributed by atoms with Crippen LogP contribution in [0.1, 0.15) is 13.3 Å². The van der Waals surface area contributed by atoms with Gasteiger partial charge in [0.25, 0.3) is 0 Å². The van der Waals surface area contributed by atoms with E-state index in [0.29, 0.717) is 0 Å². The van der Waals surface area contributed by atoms with Crippen LogP contribution in [0.15, 0.2) is 30.3 Å². The second-order valence-electron chi connectivity index (χ2n) is 2.76. The van der Waals surface area contributed by atoms with E-state index in [9.17, 15) is 0 Å². The molecule has 1 aromatic carbocycles. The van der Waals surface area contributed by atoms with Crippen molar-refractivity contribution in [2.75, 3.05) is 18.5 Å². The van der Waals surface area contributed by atoms with E-state index in [1.165, 1.54) is 12.1 Å². The lowest BCUT2D eigenvalue weighted by atomic mass is 10.3. The lowest BCUT2D eigenvalue weighted by Gasteiger charge is -2.17. The van der Waals surface area contributed by atoms with Crippen LogP contribution in [0.25, 0.3) is 0 Å². The highest BCUT2D eigenvalue weighted by molar-refractivity contribution is 5.85. The predicted molar refractivity (Wildman–Crippen MR) is 57.3 cm³/mol. The van der Waals surface area contributed by atoms with Crippen LogP contribution >= 0.6 is 12.4 Å². The van der Waals surface area contributed by atoms with Crippen molar-refractivity contribution >= 4 is 18.1 Å². The molecule has 0 aromatic heterocycles. The molecule has 68 valence electrons. The third-order valence-electron chi connectivity index (χ3n) is 1.76. The van der Waals surface area contributed by atoms with Crippen molar-refractivity contribution in [1.29, 1.82) is 0 Å². The highest BCUT2D eigenvalue weighted by Crippen LogP contribution is 2.10. The largest absolute Gasteiger partial charge is 0.375 e. The molecule has 0 saturated heterocycles. The number of anilines is 1. The van der Waals surface area contributed by atoms with Gasteiger partial charge in [-0.25, -0.2) is 0 Å². The van der Waals surface area contributed by atoms with Crippen LogP contribution in [-0.2, 0) is 0 Å². The van der Waals surface area contributed by atoms with E-state index in [0.717, 1.165) is 6.54 Å². The van der Waals surface area contributed by atoms with E-state index in [2.05, 4.69) is 43.1 Å². The Hall–Kier alpha value is -0.690. The maximum absolute atomic E-state index is 2.26. The van der Waals surface area contributed by atoms with Gasteiger partial charge in [-0.15, -0.1) is 12.4 Å². The van der Waals surface area contributed by atoms with E-state index in [1.807, 2.05) is 6.07 Å². The van der Waals surface area contributed by atoms with Gasteiger partial charge in [0.15, 0.2) is 0 Å². The molecule has 0 aliphatic rings. The van der Waals surface area contributed by atoms with Crippen molar-refractivity contribution in [3.05, 3.63) is 30.3 Å². The number of para-hydroxylation sites is 1. The van der Waals surface area contributed by atoms with Gasteiger partial charge in [-0.3, -0.25) is 0 Å². The van der Waals surface area contributed by atoms with Crippen molar-refractivity contribution in [2.45, 2.75) is 13.3 Å². The molecule has 12 heavy (non-hydrogen) atoms. The van der Waals surface area contributed by atoms with E-state index in [1.54, 1.807) is 0 Å². The summed E-state index contributed by atoms with van der Waals surface area (Å²) in [6.45, 7) is 3.32. The number of benzene rings is 1. The van der Waals surface area contributed by atoms with Crippen molar-refractivity contribution in [3.8, 4) is 0 Å². The Morgan fingerprint density at radius 1 is 1.17 bits per heavy atom. The zero-order chi connectivity index (χ0) is 8.10. The Kier molecular flexibility index (Phi) is 5.56. The molecule has 0 unspecified atom stereocenters. The number of hydrogen-bond donors (Lipinski definition) is 0. The highest BCUT2D eigenvalue weighted by Gasteiger charge is 1.95. The summed E-state index contributed by atoms with van der Waals surface area (Å²) in [4.78, 5) is 2.26. The summed E-state index contributed by atoms with van der Waals surface area (Å²) in [5.74, 6) is 0. The second-order valence-corrected chi connectivity index (χ2v) is 2.76. The molecule has 2 heteroatoms. The van der Waals surface area contributed by atoms with Gasteiger partial charge in [0.05, 0.1) is 0 Å². The molecule has 1 rings (SSSR count). The third-order valence-corrected chi connectivity index (χ3v) is 1.76. The highest BCUT2D eigenvalue weighted by atomic mass is 35.5. The molecule has 0 saturated carbocycles. The zero-order valence-corrected chi connectivity index (χ0v) is 8.47. The fraction of sp³-hybridized carbons (Fsp3) is 0.400. The standard InChI is InChI=1S/C10H15N.ClH/c1-3-9-11(2)10-7-5-4-6-8-10;/h4-8H,3,9H2,1-2H3;1H. The van der Waals surface area contributed by atoms with Crippen molar-refractivity contribution < 1.29 is 0 Å². The molecule has 1 aromatic rings. The van der Waals surface area contributed by atoms with E-state index in [-0.39, 0.29) is 12.4 Å². The third kappa shape index (κ3) is 3.14. The van der Waals surface area contributed by atoms with Crippen LogP contribution < -0.4 is 4.90 Å². The van der Waals surface area contributed by atoms with Gasteiger partial charge in [-0.2, -0.15) is 0 Å². The number of rotatable bonds is 3. The molecular weight excluding hydrogens is 170 g/mol. The molecule has 0 fully saturated rings. The summed E-state index contributed by atoms with van der Waals surface area (Å²) in [6.07, 6.45) is 1.20. The summed E-state index contributed by atoms with van der Waals surface area (Å²) in [5.41, 5.74) is 1.30. The van der Waals surface area contributed by atoms with Crippen LogP contribution in [0.3, 0.4) is 0 Å². The zero-order valence-electron chi connectivity index (χ0n) is 7.66. The van der Waals surface area contributed by atoms with E-state index in [4.69, 9.17) is 0 Å². The Labute approximate surface area is 80.8 Å². The fourth-order valence-corrected chi connectivity index (χ4v) is 1.15. The van der Waals surface area contributed by atoms with Gasteiger partial charge in [-0.1, -0.05) is 25.1 Å². The lowest BCUT2D eigenvalue weighted by molar-refractivity contribution is 0.852. The van der Waals surface area contributed by atoms with Gasteiger partial charge in [0.1, 0.15) is 0 Å². The number of halogens is 1. The molecular formula is C10H16ClN. The molecule has 1 nitrogen and oxygen atoms in total. The molecule has 0 aliphatic carbocycles. The maximum Gasteiger partial charge on any atom is 0.0363 e. The first-order chi connectivity index (χ1) is 5.34. The first-order valence-corrected chi connectivity index (χ1v) is 4.10. The van der Waals surface area contributed by atoms with Gasteiger partial charge >= 0.3 is 0 Å². The minimum absolute atomic E-state index is 0. The minimum atomic E-state index is 0. The average Bonchev–Trinajstić information content (AvgIpc) is 2.07. The summed E-state index contributed by atoms with van der Waals surface area (Å²) in [5, 5.41) is 0. The van der Waals surface area contributed by atoms with Crippen molar-refractivity contribution in [3.63, 3.8) is 0 Å². The summed E-state index contributed by atoms with van der Waals surface area (Å²) >= 11 is 0. The van der Waals surface area contributed by atoms with Crippen LogP contribution in [0.5, 0.6) is 0 Å². The topological polar surface area (TPSA) is 3.24 Å². The van der Waals surface area contributed by atoms with Gasteiger partial charge in [-0.05, 0) is 18.6 Å². The first kappa shape index (κ1) is 11.3. The van der Waals surface area contributed by atoms with Crippen LogP contribution in [-0.4, -0.2) is 13.6 Å². The number of nitrogens with zero attached hydrogens (tertiary/aromatic N) is 1. The van der Waals surface area contributed by atoms with Gasteiger partial charge in [0, 0.05) is 19.3 Å². The number of hydrogen-bond acceptors (Lipinski definition) is 1. The maximum atomic E-state index is 2.26. The summed E-state index contributed by atoms with van der Waals surface area (Å²) in [6, 6.07) is 10.5. The molecule has 0 bridgehead atoms. The average molecular weight is 186 g/mol. The Balaban J connectivity index is 0.00000121. The fourth-order valence-electron chi connectivity index (χ4n) is 1.15. The van der Waals surface area contributed by atoms with Crippen LogP contribution in [0.2, 0.25) is 0 Å². The Morgan fingerprint density at radius 3 is 2.25 bits per heavy atom. The lowest BCUT2D eigenvalue weighted by Crippen LogP contribution is -2.17. The van der Waals surface area contributed by atoms with Gasteiger partial charge in [0.2, 0.25) is 0 Å². The van der Waals surface area contributed by atoms with Crippen molar-refractivity contribution in [1.82, 2.24) is 0 Å².